The molecule has 2 heteroatoms. The van der Waals surface area contributed by atoms with Gasteiger partial charge in [-0.05, 0) is 77.3 Å². The third-order valence-corrected chi connectivity index (χ3v) is 3.84. The lowest BCUT2D eigenvalue weighted by Gasteiger charge is -2.06. The Labute approximate surface area is 198 Å². The Hall–Kier alpha value is -2.87. The number of rotatable bonds is 7. The molecule has 32 heavy (non-hydrogen) atoms. The smallest absolute Gasteiger partial charge is 0.126 e. The number of benzene rings is 1. The lowest BCUT2D eigenvalue weighted by atomic mass is 10.0. The van der Waals surface area contributed by atoms with E-state index in [0.29, 0.717) is 5.56 Å². The zero-order valence-corrected chi connectivity index (χ0v) is 22.0. The predicted molar refractivity (Wildman–Crippen MR) is 147 cm³/mol. The van der Waals surface area contributed by atoms with E-state index in [1.165, 1.54) is 22.9 Å². The number of halogens is 1. The molecule has 0 heterocycles. The van der Waals surface area contributed by atoms with Gasteiger partial charge >= 0.3 is 0 Å². The lowest BCUT2D eigenvalue weighted by molar-refractivity contribution is 0.618. The summed E-state index contributed by atoms with van der Waals surface area (Å²) in [6.07, 6.45) is 13.5. The first-order valence-corrected chi connectivity index (χ1v) is 11.1. The van der Waals surface area contributed by atoms with Crippen molar-refractivity contribution < 1.29 is 4.39 Å². The topological polar surface area (TPSA) is 12.0 Å². The molecule has 0 spiro atoms. The molecule has 0 atom stereocenters. The molecule has 0 unspecified atom stereocenters. The number of hydrogen-bond donors (Lipinski definition) is 1. The first-order chi connectivity index (χ1) is 15.1. The number of hydrogen-bond acceptors (Lipinski definition) is 1. The summed E-state index contributed by atoms with van der Waals surface area (Å²) in [5.41, 5.74) is 6.24. The van der Waals surface area contributed by atoms with Crippen LogP contribution < -0.4 is 5.32 Å². The summed E-state index contributed by atoms with van der Waals surface area (Å²) in [6, 6.07) is 5.08. The Morgan fingerprint density at radius 1 is 1.00 bits per heavy atom. The Morgan fingerprint density at radius 3 is 2.00 bits per heavy atom. The van der Waals surface area contributed by atoms with Gasteiger partial charge in [-0.1, -0.05) is 86.7 Å². The minimum Gasteiger partial charge on any atom is -0.385 e. The largest absolute Gasteiger partial charge is 0.385 e. The van der Waals surface area contributed by atoms with Gasteiger partial charge in [-0.3, -0.25) is 0 Å². The first kappa shape index (κ1) is 33.8. The van der Waals surface area contributed by atoms with Crippen LogP contribution in [0.15, 0.2) is 97.3 Å². The summed E-state index contributed by atoms with van der Waals surface area (Å²) in [5.74, 6) is -0.168. The third kappa shape index (κ3) is 19.1. The molecule has 0 aliphatic heterocycles. The fourth-order valence-electron chi connectivity index (χ4n) is 2.02. The Balaban J connectivity index is -0.000000422. The van der Waals surface area contributed by atoms with Crippen LogP contribution in [0, 0.1) is 12.7 Å². The Bertz CT molecular complexity index is 785. The quantitative estimate of drug-likeness (QED) is 0.329. The second-order valence-electron chi connectivity index (χ2n) is 7.03. The van der Waals surface area contributed by atoms with Crippen LogP contribution >= 0.6 is 0 Å². The van der Waals surface area contributed by atoms with E-state index < -0.39 is 0 Å². The summed E-state index contributed by atoms with van der Waals surface area (Å²) in [5, 5.41) is 3.30. The fourth-order valence-corrected chi connectivity index (χ4v) is 2.02. The summed E-state index contributed by atoms with van der Waals surface area (Å²) in [6.45, 7) is 29.6. The second-order valence-corrected chi connectivity index (χ2v) is 7.03. The van der Waals surface area contributed by atoms with Crippen molar-refractivity contribution >= 4 is 5.57 Å². The predicted octanol–water partition coefficient (Wildman–Crippen LogP) is 9.52. The lowest BCUT2D eigenvalue weighted by Crippen LogP contribution is -2.13. The average Bonchev–Trinajstić information content (AvgIpc) is 2.77. The molecule has 1 N–H and O–H groups in total. The number of allylic oxidation sites excluding steroid dienone is 10. The van der Waals surface area contributed by atoms with Crippen LogP contribution in [0.3, 0.4) is 0 Å². The molecule has 0 saturated carbocycles. The average molecular weight is 440 g/mol. The van der Waals surface area contributed by atoms with Gasteiger partial charge in [0.2, 0.25) is 0 Å². The van der Waals surface area contributed by atoms with Gasteiger partial charge in [0.1, 0.15) is 5.82 Å². The van der Waals surface area contributed by atoms with E-state index in [1.54, 1.807) is 25.1 Å². The van der Waals surface area contributed by atoms with E-state index in [2.05, 4.69) is 45.0 Å². The van der Waals surface area contributed by atoms with Gasteiger partial charge in [0, 0.05) is 12.2 Å². The molecule has 1 aromatic rings. The molecule has 0 aromatic heterocycles. The molecule has 1 nitrogen and oxygen atoms in total. The van der Waals surface area contributed by atoms with Gasteiger partial charge in [0.05, 0.1) is 0 Å². The molecule has 0 aliphatic carbocycles. The van der Waals surface area contributed by atoms with Gasteiger partial charge < -0.3 is 5.32 Å². The van der Waals surface area contributed by atoms with Crippen LogP contribution in [0.25, 0.3) is 5.57 Å². The van der Waals surface area contributed by atoms with Crippen molar-refractivity contribution in [1.82, 2.24) is 5.32 Å². The maximum atomic E-state index is 13.2. The van der Waals surface area contributed by atoms with E-state index in [4.69, 9.17) is 0 Å². The molecule has 178 valence electrons. The van der Waals surface area contributed by atoms with Crippen molar-refractivity contribution in [3.8, 4) is 0 Å². The van der Waals surface area contributed by atoms with Crippen molar-refractivity contribution in [2.75, 3.05) is 6.54 Å². The van der Waals surface area contributed by atoms with Crippen LogP contribution in [-0.4, -0.2) is 6.54 Å². The van der Waals surface area contributed by atoms with E-state index >= 15 is 0 Å². The van der Waals surface area contributed by atoms with Gasteiger partial charge in [0.15, 0.2) is 0 Å². The molecule has 0 aliphatic rings. The highest BCUT2D eigenvalue weighted by atomic mass is 19.1. The van der Waals surface area contributed by atoms with E-state index in [1.807, 2.05) is 71.9 Å². The monoisotopic (exact) mass is 439 g/mol. The molecule has 0 amide bonds. The van der Waals surface area contributed by atoms with Gasteiger partial charge in [0.25, 0.3) is 0 Å². The highest BCUT2D eigenvalue weighted by Crippen LogP contribution is 2.21. The minimum atomic E-state index is -0.168. The zero-order chi connectivity index (χ0) is 25.5. The van der Waals surface area contributed by atoms with Crippen LogP contribution in [0.2, 0.25) is 0 Å². The second kappa shape index (κ2) is 22.8. The van der Waals surface area contributed by atoms with Crippen molar-refractivity contribution in [3.63, 3.8) is 0 Å². The van der Waals surface area contributed by atoms with Crippen molar-refractivity contribution in [2.45, 2.75) is 62.3 Å². The third-order valence-electron chi connectivity index (χ3n) is 3.84. The van der Waals surface area contributed by atoms with E-state index in [9.17, 15) is 4.39 Å². The zero-order valence-electron chi connectivity index (χ0n) is 22.0. The van der Waals surface area contributed by atoms with Crippen molar-refractivity contribution in [2.24, 2.45) is 0 Å². The van der Waals surface area contributed by atoms with Crippen LogP contribution in [-0.2, 0) is 0 Å². The summed E-state index contributed by atoms with van der Waals surface area (Å²) < 4.78 is 13.2. The van der Waals surface area contributed by atoms with Gasteiger partial charge in [-0.25, -0.2) is 4.39 Å². The molecule has 0 fully saturated rings. The highest BCUT2D eigenvalue weighted by molar-refractivity contribution is 5.75. The molecule has 1 aromatic carbocycles. The van der Waals surface area contributed by atoms with Crippen LogP contribution in [0.1, 0.15) is 66.5 Å². The fraction of sp³-hybridized carbons (Fsp3) is 0.333. The molecule has 0 bridgehead atoms. The molecule has 0 radical (unpaired) electrons. The molecule has 0 saturated heterocycles. The van der Waals surface area contributed by atoms with Crippen molar-refractivity contribution in [3.05, 3.63) is 114 Å². The highest BCUT2D eigenvalue weighted by Gasteiger charge is 2.04. The molecular weight excluding hydrogens is 393 g/mol. The summed E-state index contributed by atoms with van der Waals surface area (Å²) in [7, 11) is 0. The maximum absolute atomic E-state index is 13.2. The summed E-state index contributed by atoms with van der Waals surface area (Å²) in [4.78, 5) is 0. The number of nitrogens with one attached hydrogen (secondary N) is 1. The van der Waals surface area contributed by atoms with Gasteiger partial charge in [-0.15, -0.1) is 6.58 Å². The first-order valence-electron chi connectivity index (χ1n) is 11.1. The Morgan fingerprint density at radius 2 is 1.56 bits per heavy atom. The van der Waals surface area contributed by atoms with Crippen molar-refractivity contribution in [1.29, 1.82) is 0 Å². The van der Waals surface area contributed by atoms with Gasteiger partial charge in [-0.2, -0.15) is 0 Å². The summed E-state index contributed by atoms with van der Waals surface area (Å²) >= 11 is 0. The molecular formula is C30H46FN. The standard InChI is InChI=1S/C12H13F.C12H19N.C4H8.C2H6/c1-4-10(5-2)11-7-6-8-12(13)9(11)3;1-5-7-8-9-12(4)13-10-11(3)6-2;1-4(2)3;1-2/h4-8H,1H2,2-3H3;5-9,13H,1,10H2,2-4H3;1H2,2-3H3;1-2H3/b10-5+;8-7-,11-6+,12-9+;;. The maximum Gasteiger partial charge on any atom is 0.126 e. The molecule has 1 rings (SSSR count). The van der Waals surface area contributed by atoms with Crippen LogP contribution in [0.4, 0.5) is 4.39 Å². The SMILES string of the molecule is C=C(C)C.C=C/C(=C\C)c1cccc(F)c1C.C=C/C=C\C=C(/C)NC/C(C)=C/C.CC. The Kier molecular flexibility index (Phi) is 24.1. The van der Waals surface area contributed by atoms with E-state index in [-0.39, 0.29) is 5.82 Å². The normalized spacial score (nSPS) is 11.1. The van der Waals surface area contributed by atoms with E-state index in [0.717, 1.165) is 17.7 Å². The van der Waals surface area contributed by atoms with Crippen LogP contribution in [0.5, 0.6) is 0 Å². The minimum absolute atomic E-state index is 0.168.